The zero-order valence-electron chi connectivity index (χ0n) is 17.0. The smallest absolute Gasteiger partial charge is 0.270 e. The fourth-order valence-electron chi connectivity index (χ4n) is 3.46. The molecule has 6 heteroatoms. The largest absolute Gasteiger partial charge is 0.350 e. The van der Waals surface area contributed by atoms with Crippen molar-refractivity contribution in [2.24, 2.45) is 5.92 Å². The van der Waals surface area contributed by atoms with E-state index in [-0.39, 0.29) is 5.91 Å². The summed E-state index contributed by atoms with van der Waals surface area (Å²) in [5.41, 5.74) is 4.96. The van der Waals surface area contributed by atoms with Gasteiger partial charge < -0.3 is 14.4 Å². The minimum atomic E-state index is -0.0415. The van der Waals surface area contributed by atoms with Crippen LogP contribution in [0.3, 0.4) is 0 Å². The Balaban J connectivity index is 1.88. The van der Waals surface area contributed by atoms with Gasteiger partial charge in [-0.25, -0.2) is 0 Å². The van der Waals surface area contributed by atoms with Gasteiger partial charge in [-0.05, 0) is 50.3 Å². The van der Waals surface area contributed by atoms with E-state index in [2.05, 4.69) is 55.0 Å². The highest BCUT2D eigenvalue weighted by Crippen LogP contribution is 2.28. The molecule has 3 rings (SSSR count). The molecule has 0 spiro atoms. The molecule has 0 saturated heterocycles. The number of hydrogen-bond donors (Lipinski definition) is 1. The van der Waals surface area contributed by atoms with Gasteiger partial charge in [-0.2, -0.15) is 4.98 Å². The number of nitrogens with one attached hydrogen (secondary N) is 1. The summed E-state index contributed by atoms with van der Waals surface area (Å²) in [4.78, 5) is 22.7. The molecular formula is C21H28N4O2. The van der Waals surface area contributed by atoms with E-state index < -0.39 is 0 Å². The van der Waals surface area contributed by atoms with Crippen LogP contribution in [-0.2, 0) is 13.0 Å². The van der Waals surface area contributed by atoms with Crippen molar-refractivity contribution in [3.05, 3.63) is 46.2 Å². The molecular weight excluding hydrogens is 340 g/mol. The fraction of sp³-hybridized carbons (Fsp3) is 0.476. The summed E-state index contributed by atoms with van der Waals surface area (Å²) < 4.78 is 5.30. The van der Waals surface area contributed by atoms with Crippen molar-refractivity contribution in [2.75, 3.05) is 6.54 Å². The number of aryl methyl sites for hydroxylation is 3. The van der Waals surface area contributed by atoms with Crippen molar-refractivity contribution in [1.82, 2.24) is 20.0 Å². The van der Waals surface area contributed by atoms with Gasteiger partial charge in [0.25, 0.3) is 5.91 Å². The van der Waals surface area contributed by atoms with E-state index in [0.29, 0.717) is 36.4 Å². The molecule has 2 aromatic heterocycles. The lowest BCUT2D eigenvalue weighted by Gasteiger charge is -2.18. The Bertz CT molecular complexity index is 968. The first-order valence-electron chi connectivity index (χ1n) is 9.51. The molecule has 3 aromatic rings. The molecule has 27 heavy (non-hydrogen) atoms. The summed E-state index contributed by atoms with van der Waals surface area (Å²) in [5.74, 6) is 1.57. The van der Waals surface area contributed by atoms with Crippen molar-refractivity contribution in [2.45, 2.75) is 54.5 Å². The lowest BCUT2D eigenvalue weighted by Crippen LogP contribution is -2.31. The molecule has 2 heterocycles. The van der Waals surface area contributed by atoms with Crippen molar-refractivity contribution in [3.63, 3.8) is 0 Å². The second kappa shape index (κ2) is 7.55. The van der Waals surface area contributed by atoms with Gasteiger partial charge in [-0.1, -0.05) is 31.1 Å². The molecule has 1 N–H and O–H groups in total. The second-order valence-electron chi connectivity index (χ2n) is 7.60. The normalized spacial score (nSPS) is 11.5. The van der Waals surface area contributed by atoms with Gasteiger partial charge in [0, 0.05) is 23.9 Å². The lowest BCUT2D eigenvalue weighted by molar-refractivity contribution is 0.0741. The number of carbonyl (C=O) groups is 1. The molecule has 0 bridgehead atoms. The molecule has 0 saturated carbocycles. The molecule has 0 aliphatic carbocycles. The summed E-state index contributed by atoms with van der Waals surface area (Å²) in [6.07, 6.45) is 0.743. The van der Waals surface area contributed by atoms with Crippen LogP contribution >= 0.6 is 0 Å². The molecule has 144 valence electrons. The van der Waals surface area contributed by atoms with Crippen LogP contribution in [0.1, 0.15) is 59.7 Å². The molecule has 0 unspecified atom stereocenters. The minimum absolute atomic E-state index is 0.0415. The molecule has 1 amide bonds. The molecule has 0 aliphatic heterocycles. The molecule has 6 nitrogen and oxygen atoms in total. The topological polar surface area (TPSA) is 75.0 Å². The predicted molar refractivity (Wildman–Crippen MR) is 106 cm³/mol. The Kier molecular flexibility index (Phi) is 5.35. The molecule has 0 radical (unpaired) electrons. The number of H-pyrrole nitrogens is 1. The maximum Gasteiger partial charge on any atom is 0.270 e. The number of aromatic amines is 1. The highest BCUT2D eigenvalue weighted by atomic mass is 16.5. The van der Waals surface area contributed by atoms with Gasteiger partial charge >= 0.3 is 0 Å². The third-order valence-corrected chi connectivity index (χ3v) is 4.93. The average Bonchev–Trinajstić information content (AvgIpc) is 3.20. The quantitative estimate of drug-likeness (QED) is 0.702. The first kappa shape index (κ1) is 19.1. The Morgan fingerprint density at radius 2 is 1.93 bits per heavy atom. The van der Waals surface area contributed by atoms with Crippen LogP contribution in [0.15, 0.2) is 16.7 Å². The fourth-order valence-corrected chi connectivity index (χ4v) is 3.46. The molecule has 0 atom stereocenters. The number of carbonyl (C=O) groups excluding carboxylic acids is 1. The van der Waals surface area contributed by atoms with Crippen LogP contribution in [0.5, 0.6) is 0 Å². The average molecular weight is 368 g/mol. The summed E-state index contributed by atoms with van der Waals surface area (Å²) in [6.45, 7) is 13.2. The van der Waals surface area contributed by atoms with Crippen molar-refractivity contribution in [3.8, 4) is 0 Å². The van der Waals surface area contributed by atoms with Crippen LogP contribution in [0.25, 0.3) is 10.9 Å². The van der Waals surface area contributed by atoms with Crippen molar-refractivity contribution in [1.29, 1.82) is 0 Å². The number of amides is 1. The van der Waals surface area contributed by atoms with Gasteiger partial charge in [-0.3, -0.25) is 4.79 Å². The summed E-state index contributed by atoms with van der Waals surface area (Å²) >= 11 is 0. The standard InChI is InChI=1S/C21H28N4O2/c1-7-25(11-16-22-17(27-24-16)10-12(2)3)21(26)20-15(6)18-13(4)8-9-14(5)19(18)23-20/h8-9,12,23H,7,10-11H2,1-6H3. The number of rotatable bonds is 6. The number of benzene rings is 1. The highest BCUT2D eigenvalue weighted by molar-refractivity contribution is 6.02. The van der Waals surface area contributed by atoms with Gasteiger partial charge in [0.2, 0.25) is 5.89 Å². The summed E-state index contributed by atoms with van der Waals surface area (Å²) in [5, 5.41) is 5.17. The van der Waals surface area contributed by atoms with Gasteiger partial charge in [-0.15, -0.1) is 0 Å². The van der Waals surface area contributed by atoms with Gasteiger partial charge in [0.1, 0.15) is 5.69 Å². The van der Waals surface area contributed by atoms with Crippen LogP contribution in [-0.4, -0.2) is 32.5 Å². The first-order chi connectivity index (χ1) is 12.8. The van der Waals surface area contributed by atoms with Crippen LogP contribution in [0, 0.1) is 26.7 Å². The number of aromatic nitrogens is 3. The number of fused-ring (bicyclic) bond motifs is 1. The minimum Gasteiger partial charge on any atom is -0.350 e. The maximum atomic E-state index is 13.2. The zero-order valence-corrected chi connectivity index (χ0v) is 17.0. The van der Waals surface area contributed by atoms with E-state index in [1.807, 2.05) is 13.8 Å². The number of hydrogen-bond acceptors (Lipinski definition) is 4. The monoisotopic (exact) mass is 368 g/mol. The van der Waals surface area contributed by atoms with E-state index in [1.54, 1.807) is 4.90 Å². The third-order valence-electron chi connectivity index (χ3n) is 4.93. The van der Waals surface area contributed by atoms with Gasteiger partial charge in [0.05, 0.1) is 6.54 Å². The summed E-state index contributed by atoms with van der Waals surface area (Å²) in [6, 6.07) is 4.18. The maximum absolute atomic E-state index is 13.2. The van der Waals surface area contributed by atoms with E-state index in [1.165, 1.54) is 5.56 Å². The number of nitrogens with zero attached hydrogens (tertiary/aromatic N) is 3. The lowest BCUT2D eigenvalue weighted by atomic mass is 10.0. The second-order valence-corrected chi connectivity index (χ2v) is 7.60. The Labute approximate surface area is 160 Å². The zero-order chi connectivity index (χ0) is 19.7. The molecule has 1 aromatic carbocycles. The van der Waals surface area contributed by atoms with Crippen molar-refractivity contribution < 1.29 is 9.32 Å². The van der Waals surface area contributed by atoms with Crippen LogP contribution in [0.2, 0.25) is 0 Å². The van der Waals surface area contributed by atoms with E-state index in [9.17, 15) is 4.79 Å². The third kappa shape index (κ3) is 3.75. The highest BCUT2D eigenvalue weighted by Gasteiger charge is 2.23. The Morgan fingerprint density at radius 1 is 1.22 bits per heavy atom. The molecule has 0 aliphatic rings. The summed E-state index contributed by atoms with van der Waals surface area (Å²) in [7, 11) is 0. The SMILES string of the molecule is CCN(Cc1noc(CC(C)C)n1)C(=O)c1[nH]c2c(C)ccc(C)c2c1C. The van der Waals surface area contributed by atoms with E-state index >= 15 is 0 Å². The Hall–Kier alpha value is -2.63. The predicted octanol–water partition coefficient (Wildman–Crippen LogP) is 4.34. The van der Waals surface area contributed by atoms with Crippen LogP contribution in [0.4, 0.5) is 0 Å². The van der Waals surface area contributed by atoms with Crippen molar-refractivity contribution >= 4 is 16.8 Å². The van der Waals surface area contributed by atoms with Gasteiger partial charge in [0.15, 0.2) is 5.82 Å². The first-order valence-corrected chi connectivity index (χ1v) is 9.51. The molecule has 0 fully saturated rings. The van der Waals surface area contributed by atoms with E-state index in [4.69, 9.17) is 4.52 Å². The Morgan fingerprint density at radius 3 is 2.56 bits per heavy atom. The van der Waals surface area contributed by atoms with Crippen LogP contribution < -0.4 is 0 Å². The van der Waals surface area contributed by atoms with E-state index in [0.717, 1.165) is 28.5 Å².